The summed E-state index contributed by atoms with van der Waals surface area (Å²) in [6.45, 7) is 0. The van der Waals surface area contributed by atoms with Gasteiger partial charge in [0.1, 0.15) is 5.82 Å². The van der Waals surface area contributed by atoms with Crippen LogP contribution in [0.4, 0.5) is 17.6 Å². The predicted octanol–water partition coefficient (Wildman–Crippen LogP) is 3.61. The van der Waals surface area contributed by atoms with E-state index >= 15 is 0 Å². The second-order valence-electron chi connectivity index (χ2n) is 2.13. The molecular weight excluding hydrogens is 246 g/mol. The van der Waals surface area contributed by atoms with Crippen LogP contribution in [0, 0.1) is 5.82 Å². The molecule has 1 aromatic carbocycles. The second kappa shape index (κ2) is 3.05. The zero-order chi connectivity index (χ0) is 9.35. The molecule has 12 heavy (non-hydrogen) atoms. The Morgan fingerprint density at radius 3 is 2.17 bits per heavy atom. The molecule has 0 saturated carbocycles. The summed E-state index contributed by atoms with van der Waals surface area (Å²) < 4.78 is 48.3. The molecule has 0 nitrogen and oxygen atoms in total. The van der Waals surface area contributed by atoms with Crippen molar-refractivity contribution >= 4 is 15.9 Å². The molecule has 66 valence electrons. The number of hydrogen-bond donors (Lipinski definition) is 0. The molecular formula is C7H3BrF4. The molecule has 0 aromatic heterocycles. The Hall–Kier alpha value is -0.580. The molecule has 5 heteroatoms. The third-order valence-electron chi connectivity index (χ3n) is 1.25. The van der Waals surface area contributed by atoms with Gasteiger partial charge in [-0.15, -0.1) is 0 Å². The van der Waals surface area contributed by atoms with Crippen LogP contribution in [-0.2, 0) is 6.18 Å². The Balaban J connectivity index is 3.14. The van der Waals surface area contributed by atoms with Gasteiger partial charge in [-0.1, -0.05) is 0 Å². The Morgan fingerprint density at radius 1 is 1.17 bits per heavy atom. The number of alkyl halides is 3. The molecule has 0 heterocycles. The lowest BCUT2D eigenvalue weighted by Gasteiger charge is -2.06. The van der Waals surface area contributed by atoms with Crippen molar-refractivity contribution in [3.8, 4) is 0 Å². The molecule has 0 aliphatic rings. The second-order valence-corrected chi connectivity index (χ2v) is 2.98. The summed E-state index contributed by atoms with van der Waals surface area (Å²) in [4.78, 5) is 0. The third-order valence-corrected chi connectivity index (χ3v) is 1.89. The van der Waals surface area contributed by atoms with E-state index in [4.69, 9.17) is 0 Å². The molecule has 1 rings (SSSR count). The number of hydrogen-bond acceptors (Lipinski definition) is 0. The van der Waals surface area contributed by atoms with Gasteiger partial charge >= 0.3 is 6.18 Å². The fourth-order valence-electron chi connectivity index (χ4n) is 0.672. The first-order valence-corrected chi connectivity index (χ1v) is 3.73. The molecule has 0 radical (unpaired) electrons. The maximum atomic E-state index is 12.6. The van der Waals surface area contributed by atoms with Crippen molar-refractivity contribution in [3.63, 3.8) is 0 Å². The molecule has 0 spiro atoms. The molecule has 0 saturated heterocycles. The standard InChI is InChI=1S/C7H3BrF4/c8-5-2-1-4(3-6(5)9)7(10,11)12/h1-3H/i1+1,2+1,3+1,4+1,5+1,6+1. The van der Waals surface area contributed by atoms with Gasteiger partial charge in [0.2, 0.25) is 0 Å². The van der Waals surface area contributed by atoms with Gasteiger partial charge in [-0.05, 0) is 34.1 Å². The topological polar surface area (TPSA) is 0 Å². The summed E-state index contributed by atoms with van der Waals surface area (Å²) in [5.41, 5.74) is -0.983. The van der Waals surface area contributed by atoms with Crippen molar-refractivity contribution in [3.05, 3.63) is 34.1 Å². The first-order valence-electron chi connectivity index (χ1n) is 2.93. The van der Waals surface area contributed by atoms with Gasteiger partial charge in [0.25, 0.3) is 0 Å². The van der Waals surface area contributed by atoms with Gasteiger partial charge in [-0.2, -0.15) is 13.2 Å². The molecule has 0 atom stereocenters. The fourth-order valence-corrected chi connectivity index (χ4v) is 0.919. The van der Waals surface area contributed by atoms with Crippen molar-refractivity contribution < 1.29 is 17.6 Å². The zero-order valence-corrected chi connectivity index (χ0v) is 7.21. The number of benzene rings is 1. The van der Waals surface area contributed by atoms with Crippen LogP contribution < -0.4 is 0 Å². The first kappa shape index (κ1) is 9.51. The van der Waals surface area contributed by atoms with E-state index in [1.54, 1.807) is 0 Å². The highest BCUT2D eigenvalue weighted by Gasteiger charge is 2.30. The zero-order valence-electron chi connectivity index (χ0n) is 5.62. The summed E-state index contributed by atoms with van der Waals surface area (Å²) in [5, 5.41) is 0. The third kappa shape index (κ3) is 1.97. The maximum Gasteiger partial charge on any atom is 0.416 e. The number of rotatable bonds is 0. The Kier molecular flexibility index (Phi) is 2.41. The van der Waals surface area contributed by atoms with Crippen LogP contribution in [0.15, 0.2) is 22.7 Å². The van der Waals surface area contributed by atoms with Crippen LogP contribution in [-0.4, -0.2) is 0 Å². The lowest BCUT2D eigenvalue weighted by molar-refractivity contribution is -0.137. The lowest BCUT2D eigenvalue weighted by atomic mass is 10.9. The van der Waals surface area contributed by atoms with Crippen LogP contribution in [0.1, 0.15) is 5.56 Å². The predicted molar refractivity (Wildman–Crippen MR) is 39.1 cm³/mol. The largest absolute Gasteiger partial charge is 0.416 e. The van der Waals surface area contributed by atoms with Gasteiger partial charge in [-0.3, -0.25) is 0 Å². The normalized spacial score (nSPS) is 11.8. The highest BCUT2D eigenvalue weighted by atomic mass is 79.9. The van der Waals surface area contributed by atoms with Crippen molar-refractivity contribution in [2.45, 2.75) is 6.18 Å². The molecule has 0 unspecified atom stereocenters. The van der Waals surface area contributed by atoms with E-state index in [-0.39, 0.29) is 4.47 Å². The van der Waals surface area contributed by atoms with E-state index in [9.17, 15) is 17.6 Å². The molecule has 0 fully saturated rings. The number of halogens is 5. The van der Waals surface area contributed by atoms with Crippen molar-refractivity contribution in [2.75, 3.05) is 0 Å². The minimum atomic E-state index is -4.48. The van der Waals surface area contributed by atoms with Crippen LogP contribution >= 0.6 is 15.9 Å². The van der Waals surface area contributed by atoms with Crippen molar-refractivity contribution in [2.24, 2.45) is 0 Å². The molecule has 0 aliphatic carbocycles. The van der Waals surface area contributed by atoms with E-state index in [1.165, 1.54) is 0 Å². The Bertz CT molecular complexity index is 292. The van der Waals surface area contributed by atoms with Gasteiger partial charge in [0, 0.05) is 0 Å². The summed E-state index contributed by atoms with van der Waals surface area (Å²) in [6, 6.07) is 2.29. The van der Waals surface area contributed by atoms with Crippen molar-refractivity contribution in [1.82, 2.24) is 0 Å². The average molecular weight is 249 g/mol. The van der Waals surface area contributed by atoms with E-state index < -0.39 is 17.6 Å². The van der Waals surface area contributed by atoms with Gasteiger partial charge < -0.3 is 0 Å². The van der Waals surface area contributed by atoms with E-state index in [0.717, 1.165) is 12.1 Å². The van der Waals surface area contributed by atoms with E-state index in [1.807, 2.05) is 0 Å². The SMILES string of the molecule is F[13c]1[13cH][13c](C(F)(F)F)[13cH][13cH][13c]1Br. The Morgan fingerprint density at radius 2 is 1.75 bits per heavy atom. The van der Waals surface area contributed by atoms with Crippen LogP contribution in [0.25, 0.3) is 0 Å². The lowest BCUT2D eigenvalue weighted by Crippen LogP contribution is -2.04. The quantitative estimate of drug-likeness (QED) is 0.616. The fraction of sp³-hybridized carbons (Fsp3) is 0.143. The van der Waals surface area contributed by atoms with E-state index in [0.29, 0.717) is 6.07 Å². The smallest absolute Gasteiger partial charge is 0.206 e. The summed E-state index contributed by atoms with van der Waals surface area (Å²) in [5.74, 6) is -0.912. The van der Waals surface area contributed by atoms with Crippen LogP contribution in [0.3, 0.4) is 0 Å². The molecule has 0 amide bonds. The Labute approximate surface area is 74.3 Å². The van der Waals surface area contributed by atoms with Crippen LogP contribution in [0.5, 0.6) is 0 Å². The first-order chi connectivity index (χ1) is 5.41. The molecule has 0 N–H and O–H groups in total. The average Bonchev–Trinajstić information content (AvgIpc) is 1.92. The minimum Gasteiger partial charge on any atom is -0.206 e. The van der Waals surface area contributed by atoms with E-state index in [2.05, 4.69) is 15.9 Å². The molecule has 1 aromatic rings. The maximum absolute atomic E-state index is 12.6. The van der Waals surface area contributed by atoms with Crippen molar-refractivity contribution in [1.29, 1.82) is 0 Å². The van der Waals surface area contributed by atoms with Gasteiger partial charge in [0.05, 0.1) is 10.0 Å². The minimum absolute atomic E-state index is 0.0236. The van der Waals surface area contributed by atoms with Gasteiger partial charge in [0.15, 0.2) is 0 Å². The van der Waals surface area contributed by atoms with Gasteiger partial charge in [-0.25, -0.2) is 4.39 Å². The highest BCUT2D eigenvalue weighted by molar-refractivity contribution is 9.10. The van der Waals surface area contributed by atoms with Crippen LogP contribution in [0.2, 0.25) is 0 Å². The molecule has 0 bridgehead atoms. The summed E-state index contributed by atoms with van der Waals surface area (Å²) in [7, 11) is 0. The summed E-state index contributed by atoms with van der Waals surface area (Å²) in [6.07, 6.45) is -4.48. The summed E-state index contributed by atoms with van der Waals surface area (Å²) >= 11 is 2.75. The highest BCUT2D eigenvalue weighted by Crippen LogP contribution is 2.31. The molecule has 0 aliphatic heterocycles. The monoisotopic (exact) mass is 248 g/mol.